The van der Waals surface area contributed by atoms with Crippen LogP contribution in [0.4, 0.5) is 17.6 Å². The molecule has 1 atom stereocenters. The van der Waals surface area contributed by atoms with Gasteiger partial charge in [0.15, 0.2) is 11.9 Å². The molecule has 0 fully saturated rings. The second kappa shape index (κ2) is 5.98. The molecule has 2 rings (SSSR count). The van der Waals surface area contributed by atoms with E-state index in [1.54, 1.807) is 0 Å². The van der Waals surface area contributed by atoms with Crippen molar-refractivity contribution in [3.8, 4) is 0 Å². The minimum Gasteiger partial charge on any atom is -0.383 e. The van der Waals surface area contributed by atoms with Gasteiger partial charge >= 0.3 is 6.18 Å². The van der Waals surface area contributed by atoms with Crippen molar-refractivity contribution in [1.82, 2.24) is 10.1 Å². The molecule has 0 aliphatic carbocycles. The van der Waals surface area contributed by atoms with Gasteiger partial charge in [-0.1, -0.05) is 22.8 Å². The molecule has 0 saturated heterocycles. The van der Waals surface area contributed by atoms with Crippen LogP contribution in [-0.2, 0) is 12.8 Å². The molecule has 0 amide bonds. The molecule has 114 valence electrons. The van der Waals surface area contributed by atoms with Gasteiger partial charge in [-0.05, 0) is 12.1 Å². The largest absolute Gasteiger partial charge is 0.414 e. The van der Waals surface area contributed by atoms with Crippen LogP contribution < -0.4 is 0 Å². The summed E-state index contributed by atoms with van der Waals surface area (Å²) in [5.41, 5.74) is 0.114. The first-order chi connectivity index (χ1) is 9.77. The highest BCUT2D eigenvalue weighted by molar-refractivity contribution is 6.31. The summed E-state index contributed by atoms with van der Waals surface area (Å²) in [5.74, 6) is -0.988. The van der Waals surface area contributed by atoms with Crippen LogP contribution in [0.5, 0.6) is 0 Å². The Bertz CT molecular complexity index is 610. The van der Waals surface area contributed by atoms with Crippen molar-refractivity contribution in [1.29, 1.82) is 0 Å². The molecule has 1 N–H and O–H groups in total. The second-order valence-corrected chi connectivity index (χ2v) is 4.65. The third-order valence-corrected chi connectivity index (χ3v) is 3.01. The second-order valence-electron chi connectivity index (χ2n) is 4.24. The average Bonchev–Trinajstić information content (AvgIpc) is 2.80. The van der Waals surface area contributed by atoms with Crippen molar-refractivity contribution >= 4 is 11.6 Å². The van der Waals surface area contributed by atoms with Gasteiger partial charge in [0.1, 0.15) is 5.82 Å². The van der Waals surface area contributed by atoms with E-state index in [1.165, 1.54) is 18.2 Å². The van der Waals surface area contributed by atoms with Gasteiger partial charge in [0.05, 0.1) is 6.42 Å². The molecule has 0 bridgehead atoms. The predicted molar refractivity (Wildman–Crippen MR) is 64.3 cm³/mol. The van der Waals surface area contributed by atoms with Crippen molar-refractivity contribution in [3.05, 3.63) is 46.3 Å². The first-order valence-corrected chi connectivity index (χ1v) is 6.14. The highest BCUT2D eigenvalue weighted by atomic mass is 35.5. The molecule has 1 aromatic heterocycles. The van der Waals surface area contributed by atoms with Gasteiger partial charge in [-0.15, -0.1) is 0 Å². The van der Waals surface area contributed by atoms with Crippen LogP contribution >= 0.6 is 11.6 Å². The van der Waals surface area contributed by atoms with Gasteiger partial charge < -0.3 is 9.63 Å². The van der Waals surface area contributed by atoms with Gasteiger partial charge in [0, 0.05) is 17.0 Å². The molecule has 0 aliphatic heterocycles. The molecule has 9 heteroatoms. The normalized spacial score (nSPS) is 13.4. The predicted octanol–water partition coefficient (Wildman–Crippen LogP) is 2.92. The van der Waals surface area contributed by atoms with Crippen LogP contribution in [0.3, 0.4) is 0 Å². The third-order valence-electron chi connectivity index (χ3n) is 2.65. The number of rotatable bonds is 4. The maximum Gasteiger partial charge on any atom is 0.414 e. The summed E-state index contributed by atoms with van der Waals surface area (Å²) in [6, 6.07) is 4.08. The fourth-order valence-electron chi connectivity index (χ4n) is 1.59. The van der Waals surface area contributed by atoms with E-state index in [9.17, 15) is 17.6 Å². The Balaban J connectivity index is 2.11. The zero-order valence-electron chi connectivity index (χ0n) is 10.4. The molecule has 0 spiro atoms. The molecule has 1 unspecified atom stereocenters. The van der Waals surface area contributed by atoms with Crippen molar-refractivity contribution in [2.45, 2.75) is 25.1 Å². The van der Waals surface area contributed by atoms with Crippen LogP contribution in [0.25, 0.3) is 0 Å². The van der Waals surface area contributed by atoms with Crippen LogP contribution in [0.1, 0.15) is 17.3 Å². The Kier molecular flexibility index (Phi) is 4.48. The molecule has 0 radical (unpaired) electrons. The molecule has 1 aromatic carbocycles. The topological polar surface area (TPSA) is 59.2 Å². The summed E-state index contributed by atoms with van der Waals surface area (Å²) in [6.07, 6.45) is -8.36. The third kappa shape index (κ3) is 3.92. The summed E-state index contributed by atoms with van der Waals surface area (Å²) in [7, 11) is 0. The van der Waals surface area contributed by atoms with Crippen molar-refractivity contribution in [3.63, 3.8) is 0 Å². The minimum absolute atomic E-state index is 0.0219. The highest BCUT2D eigenvalue weighted by Gasteiger charge is 2.39. The van der Waals surface area contributed by atoms with Crippen LogP contribution in [0.15, 0.2) is 22.7 Å². The fourth-order valence-corrected chi connectivity index (χ4v) is 1.82. The van der Waals surface area contributed by atoms with Crippen molar-refractivity contribution < 1.29 is 27.2 Å². The highest BCUT2D eigenvalue weighted by Crippen LogP contribution is 2.24. The lowest BCUT2D eigenvalue weighted by atomic mass is 10.1. The monoisotopic (exact) mass is 324 g/mol. The molecular weight excluding hydrogens is 316 g/mol. The standard InChI is InChI=1S/C12H9ClF4N2O2/c13-7-2-1-3-8(14)6(7)4-10-18-11(21-19-10)5-9(20)12(15,16)17/h1-3,9,20H,4-5H2. The molecular formula is C12H9ClF4N2O2. The summed E-state index contributed by atoms with van der Waals surface area (Å²) < 4.78 is 54.7. The lowest BCUT2D eigenvalue weighted by Gasteiger charge is -2.11. The van der Waals surface area contributed by atoms with Gasteiger partial charge in [0.2, 0.25) is 5.89 Å². The zero-order chi connectivity index (χ0) is 15.6. The fraction of sp³-hybridized carbons (Fsp3) is 0.333. The zero-order valence-corrected chi connectivity index (χ0v) is 11.1. The van der Waals surface area contributed by atoms with Crippen LogP contribution in [0, 0.1) is 5.82 Å². The molecule has 1 heterocycles. The summed E-state index contributed by atoms with van der Waals surface area (Å²) in [4.78, 5) is 3.68. The van der Waals surface area contributed by atoms with Gasteiger partial charge in [-0.25, -0.2) is 4.39 Å². The Morgan fingerprint density at radius 3 is 2.67 bits per heavy atom. The Hall–Kier alpha value is -1.67. The first kappa shape index (κ1) is 15.7. The first-order valence-electron chi connectivity index (χ1n) is 5.76. The van der Waals surface area contributed by atoms with Crippen LogP contribution in [-0.4, -0.2) is 27.5 Å². The molecule has 0 aliphatic rings. The number of aromatic nitrogens is 2. The molecule has 0 saturated carbocycles. The maximum absolute atomic E-state index is 13.5. The Labute approximate surface area is 121 Å². The average molecular weight is 325 g/mol. The van der Waals surface area contributed by atoms with E-state index >= 15 is 0 Å². The molecule has 21 heavy (non-hydrogen) atoms. The number of benzene rings is 1. The number of nitrogens with zero attached hydrogens (tertiary/aromatic N) is 2. The lowest BCUT2D eigenvalue weighted by molar-refractivity contribution is -0.204. The number of hydrogen-bond acceptors (Lipinski definition) is 4. The quantitative estimate of drug-likeness (QED) is 0.879. The molecule has 4 nitrogen and oxygen atoms in total. The van der Waals surface area contributed by atoms with E-state index < -0.39 is 24.5 Å². The lowest BCUT2D eigenvalue weighted by Crippen LogP contribution is -2.30. The summed E-state index contributed by atoms with van der Waals surface area (Å²) in [6.45, 7) is 0. The van der Waals surface area contributed by atoms with Crippen LogP contribution in [0.2, 0.25) is 5.02 Å². The SMILES string of the molecule is OC(Cc1nc(Cc2c(F)cccc2Cl)no1)C(F)(F)F. The van der Waals surface area contributed by atoms with Crippen molar-refractivity contribution in [2.75, 3.05) is 0 Å². The smallest absolute Gasteiger partial charge is 0.383 e. The number of hydrogen-bond donors (Lipinski definition) is 1. The van der Waals surface area contributed by atoms with Gasteiger partial charge in [-0.3, -0.25) is 0 Å². The van der Waals surface area contributed by atoms with E-state index in [2.05, 4.69) is 14.7 Å². The van der Waals surface area contributed by atoms with E-state index in [4.69, 9.17) is 16.7 Å². The number of halogens is 5. The van der Waals surface area contributed by atoms with Gasteiger partial charge in [-0.2, -0.15) is 18.2 Å². The van der Waals surface area contributed by atoms with E-state index in [0.717, 1.165) is 0 Å². The van der Waals surface area contributed by atoms with E-state index in [1.807, 2.05) is 0 Å². The minimum atomic E-state index is -4.77. The van der Waals surface area contributed by atoms with E-state index in [0.29, 0.717) is 0 Å². The Morgan fingerprint density at radius 2 is 2.05 bits per heavy atom. The number of aliphatic hydroxyl groups is 1. The van der Waals surface area contributed by atoms with E-state index in [-0.39, 0.29) is 28.7 Å². The number of alkyl halides is 3. The Morgan fingerprint density at radius 1 is 1.33 bits per heavy atom. The van der Waals surface area contributed by atoms with Crippen molar-refractivity contribution in [2.24, 2.45) is 0 Å². The molecule has 2 aromatic rings. The summed E-state index contributed by atoms with van der Waals surface area (Å²) in [5, 5.41) is 12.5. The maximum atomic E-state index is 13.5. The summed E-state index contributed by atoms with van der Waals surface area (Å²) >= 11 is 5.82. The number of aliphatic hydroxyl groups excluding tert-OH is 1. The van der Waals surface area contributed by atoms with Gasteiger partial charge in [0.25, 0.3) is 0 Å².